The normalized spacial score (nSPS) is 12.7. The van der Waals surface area contributed by atoms with E-state index < -0.39 is 0 Å². The fourth-order valence-corrected chi connectivity index (χ4v) is 2.14. The Morgan fingerprint density at radius 3 is 2.21 bits per heavy atom. The van der Waals surface area contributed by atoms with Crippen LogP contribution in [0.1, 0.15) is 24.1 Å². The van der Waals surface area contributed by atoms with Crippen molar-refractivity contribution in [2.24, 2.45) is 0 Å². The minimum Gasteiger partial charge on any atom is -0.295 e. The second-order valence-corrected chi connectivity index (χ2v) is 5.21. The van der Waals surface area contributed by atoms with Crippen LogP contribution in [0.4, 0.5) is 4.39 Å². The van der Waals surface area contributed by atoms with Gasteiger partial charge in [0.25, 0.3) is 0 Å². The summed E-state index contributed by atoms with van der Waals surface area (Å²) < 4.78 is 12.9. The topological polar surface area (TPSA) is 3.24 Å². The highest BCUT2D eigenvalue weighted by Gasteiger charge is 2.11. The first kappa shape index (κ1) is 14.0. The SMILES string of the molecule is CC(c1ccc(F)cc1)N(C)Cc1ccc(Cl)cc1. The third kappa shape index (κ3) is 3.79. The first-order valence-corrected chi connectivity index (χ1v) is 6.64. The highest BCUT2D eigenvalue weighted by Crippen LogP contribution is 2.21. The zero-order valence-corrected chi connectivity index (χ0v) is 11.9. The number of halogens is 2. The van der Waals surface area contributed by atoms with Gasteiger partial charge in [0.05, 0.1) is 0 Å². The third-order valence-corrected chi connectivity index (χ3v) is 3.61. The molecule has 0 bridgehead atoms. The standard InChI is InChI=1S/C16H17ClFN/c1-12(14-5-9-16(18)10-6-14)19(2)11-13-3-7-15(17)8-4-13/h3-10,12H,11H2,1-2H3. The van der Waals surface area contributed by atoms with Crippen molar-refractivity contribution in [1.29, 1.82) is 0 Å². The van der Waals surface area contributed by atoms with Crippen LogP contribution in [-0.2, 0) is 6.54 Å². The summed E-state index contributed by atoms with van der Waals surface area (Å²) in [6.45, 7) is 2.94. The summed E-state index contributed by atoms with van der Waals surface area (Å²) in [7, 11) is 2.06. The second kappa shape index (κ2) is 6.18. The number of rotatable bonds is 4. The molecule has 1 nitrogen and oxygen atoms in total. The highest BCUT2D eigenvalue weighted by atomic mass is 35.5. The van der Waals surface area contributed by atoms with E-state index in [1.165, 1.54) is 17.7 Å². The molecule has 2 aromatic rings. The summed E-state index contributed by atoms with van der Waals surface area (Å²) in [5, 5.41) is 0.748. The van der Waals surface area contributed by atoms with E-state index >= 15 is 0 Å². The molecule has 0 radical (unpaired) electrons. The monoisotopic (exact) mass is 277 g/mol. The van der Waals surface area contributed by atoms with Crippen molar-refractivity contribution in [3.63, 3.8) is 0 Å². The van der Waals surface area contributed by atoms with Gasteiger partial charge in [-0.15, -0.1) is 0 Å². The molecule has 0 saturated carbocycles. The molecular formula is C16H17ClFN. The van der Waals surface area contributed by atoms with E-state index in [1.54, 1.807) is 0 Å². The van der Waals surface area contributed by atoms with Crippen molar-refractivity contribution in [1.82, 2.24) is 4.90 Å². The maximum atomic E-state index is 12.9. The molecule has 1 atom stereocenters. The third-order valence-electron chi connectivity index (χ3n) is 3.36. The van der Waals surface area contributed by atoms with Gasteiger partial charge >= 0.3 is 0 Å². The summed E-state index contributed by atoms with van der Waals surface area (Å²) in [4.78, 5) is 2.22. The summed E-state index contributed by atoms with van der Waals surface area (Å²) in [5.41, 5.74) is 2.32. The molecule has 0 fully saturated rings. The molecule has 2 rings (SSSR count). The van der Waals surface area contributed by atoms with Gasteiger partial charge in [-0.25, -0.2) is 4.39 Å². The van der Waals surface area contributed by atoms with E-state index in [-0.39, 0.29) is 11.9 Å². The zero-order chi connectivity index (χ0) is 13.8. The van der Waals surface area contributed by atoms with Crippen LogP contribution in [0.3, 0.4) is 0 Å². The van der Waals surface area contributed by atoms with Crippen LogP contribution in [0.15, 0.2) is 48.5 Å². The van der Waals surface area contributed by atoms with E-state index in [4.69, 9.17) is 11.6 Å². The molecule has 0 aliphatic carbocycles. The second-order valence-electron chi connectivity index (χ2n) is 4.77. The predicted molar refractivity (Wildman–Crippen MR) is 77.7 cm³/mol. The fourth-order valence-electron chi connectivity index (χ4n) is 2.01. The predicted octanol–water partition coefficient (Wildman–Crippen LogP) is 4.67. The summed E-state index contributed by atoms with van der Waals surface area (Å²) >= 11 is 5.87. The molecule has 0 saturated heterocycles. The summed E-state index contributed by atoms with van der Waals surface area (Å²) in [5.74, 6) is -0.198. The number of hydrogen-bond acceptors (Lipinski definition) is 1. The molecule has 0 aromatic heterocycles. The lowest BCUT2D eigenvalue weighted by Gasteiger charge is -2.25. The Morgan fingerprint density at radius 2 is 1.63 bits per heavy atom. The summed E-state index contributed by atoms with van der Waals surface area (Å²) in [6.07, 6.45) is 0. The Morgan fingerprint density at radius 1 is 1.05 bits per heavy atom. The van der Waals surface area contributed by atoms with Gasteiger partial charge in [0.1, 0.15) is 5.82 Å². The zero-order valence-electron chi connectivity index (χ0n) is 11.1. The van der Waals surface area contributed by atoms with Crippen LogP contribution in [0.25, 0.3) is 0 Å². The van der Waals surface area contributed by atoms with Gasteiger partial charge < -0.3 is 0 Å². The van der Waals surface area contributed by atoms with Gasteiger partial charge in [-0.2, -0.15) is 0 Å². The minimum absolute atomic E-state index is 0.198. The van der Waals surface area contributed by atoms with E-state index in [2.05, 4.69) is 18.9 Å². The number of hydrogen-bond donors (Lipinski definition) is 0. The Bertz CT molecular complexity index is 521. The molecule has 0 amide bonds. The first-order chi connectivity index (χ1) is 9.06. The van der Waals surface area contributed by atoms with Gasteiger partial charge in [0.15, 0.2) is 0 Å². The molecule has 0 spiro atoms. The van der Waals surface area contributed by atoms with Crippen molar-refractivity contribution in [2.75, 3.05) is 7.05 Å². The Balaban J connectivity index is 2.04. The summed E-state index contributed by atoms with van der Waals surface area (Å²) in [6, 6.07) is 14.7. The van der Waals surface area contributed by atoms with Crippen molar-refractivity contribution < 1.29 is 4.39 Å². The van der Waals surface area contributed by atoms with Crippen LogP contribution in [0.5, 0.6) is 0 Å². The van der Waals surface area contributed by atoms with Crippen molar-refractivity contribution >= 4 is 11.6 Å². The van der Waals surface area contributed by atoms with Gasteiger partial charge in [0, 0.05) is 17.6 Å². The van der Waals surface area contributed by atoms with Crippen molar-refractivity contribution in [3.8, 4) is 0 Å². The van der Waals surface area contributed by atoms with Crippen LogP contribution in [0, 0.1) is 5.82 Å². The molecule has 1 unspecified atom stereocenters. The molecule has 0 aliphatic rings. The van der Waals surface area contributed by atoms with Crippen LogP contribution in [0.2, 0.25) is 5.02 Å². The lowest BCUT2D eigenvalue weighted by Crippen LogP contribution is -2.21. The Kier molecular flexibility index (Phi) is 4.56. The smallest absolute Gasteiger partial charge is 0.123 e. The number of nitrogens with zero attached hydrogens (tertiary/aromatic N) is 1. The fraction of sp³-hybridized carbons (Fsp3) is 0.250. The van der Waals surface area contributed by atoms with E-state index in [0.29, 0.717) is 0 Å². The molecule has 2 aromatic carbocycles. The van der Waals surface area contributed by atoms with E-state index in [9.17, 15) is 4.39 Å². The van der Waals surface area contributed by atoms with Gasteiger partial charge in [-0.3, -0.25) is 4.90 Å². The quantitative estimate of drug-likeness (QED) is 0.785. The molecule has 3 heteroatoms. The maximum Gasteiger partial charge on any atom is 0.123 e. The molecule has 0 heterocycles. The molecular weight excluding hydrogens is 261 g/mol. The Labute approximate surface area is 118 Å². The first-order valence-electron chi connectivity index (χ1n) is 6.26. The Hall–Kier alpha value is -1.38. The number of benzene rings is 2. The van der Waals surface area contributed by atoms with Crippen LogP contribution < -0.4 is 0 Å². The molecule has 19 heavy (non-hydrogen) atoms. The average Bonchev–Trinajstić information content (AvgIpc) is 2.41. The van der Waals surface area contributed by atoms with Gasteiger partial charge in [-0.1, -0.05) is 35.9 Å². The molecule has 0 aliphatic heterocycles. The van der Waals surface area contributed by atoms with Crippen LogP contribution in [-0.4, -0.2) is 11.9 Å². The average molecular weight is 278 g/mol. The van der Waals surface area contributed by atoms with Gasteiger partial charge in [0.2, 0.25) is 0 Å². The van der Waals surface area contributed by atoms with Crippen molar-refractivity contribution in [3.05, 3.63) is 70.5 Å². The van der Waals surface area contributed by atoms with E-state index in [1.807, 2.05) is 36.4 Å². The maximum absolute atomic E-state index is 12.9. The lowest BCUT2D eigenvalue weighted by molar-refractivity contribution is 0.253. The largest absolute Gasteiger partial charge is 0.295 e. The van der Waals surface area contributed by atoms with Gasteiger partial charge in [-0.05, 0) is 49.4 Å². The molecule has 100 valence electrons. The highest BCUT2D eigenvalue weighted by molar-refractivity contribution is 6.30. The van der Waals surface area contributed by atoms with Crippen molar-refractivity contribution in [2.45, 2.75) is 19.5 Å². The minimum atomic E-state index is -0.198. The van der Waals surface area contributed by atoms with Crippen LogP contribution >= 0.6 is 11.6 Å². The van der Waals surface area contributed by atoms with E-state index in [0.717, 1.165) is 17.1 Å². The lowest BCUT2D eigenvalue weighted by atomic mass is 10.1. The molecule has 0 N–H and O–H groups in total.